The Morgan fingerprint density at radius 2 is 2.00 bits per heavy atom. The molecule has 0 aliphatic heterocycles. The van der Waals surface area contributed by atoms with Gasteiger partial charge in [0.25, 0.3) is 10.0 Å². The average Bonchev–Trinajstić information content (AvgIpc) is 2.54. The molecule has 0 aromatic carbocycles. The van der Waals surface area contributed by atoms with Gasteiger partial charge in [0.2, 0.25) is 0 Å². The number of carboxylic acids is 1. The van der Waals surface area contributed by atoms with Crippen LogP contribution in [0.2, 0.25) is 0 Å². The summed E-state index contributed by atoms with van der Waals surface area (Å²) >= 11 is 0.532. The third kappa shape index (κ3) is 3.18. The van der Waals surface area contributed by atoms with Gasteiger partial charge in [0.05, 0.1) is 0 Å². The van der Waals surface area contributed by atoms with Crippen molar-refractivity contribution >= 4 is 27.3 Å². The summed E-state index contributed by atoms with van der Waals surface area (Å²) in [4.78, 5) is 23.9. The van der Waals surface area contributed by atoms with Crippen molar-refractivity contribution in [3.8, 4) is 0 Å². The lowest BCUT2D eigenvalue weighted by atomic mass is 10.1. The van der Waals surface area contributed by atoms with Gasteiger partial charge < -0.3 is 10.1 Å². The van der Waals surface area contributed by atoms with Crippen LogP contribution in [0.4, 0.5) is 0 Å². The number of aromatic amines is 1. The third-order valence-corrected chi connectivity index (χ3v) is 5.29. The van der Waals surface area contributed by atoms with E-state index < -0.39 is 32.8 Å². The van der Waals surface area contributed by atoms with E-state index in [0.29, 0.717) is 11.3 Å². The molecule has 0 unspecified atom stereocenters. The maximum absolute atomic E-state index is 12.0. The fourth-order valence-electron chi connectivity index (χ4n) is 1.34. The number of aromatic nitrogens is 1. The molecule has 9 heteroatoms. The van der Waals surface area contributed by atoms with Crippen LogP contribution in [0.3, 0.4) is 0 Å². The van der Waals surface area contributed by atoms with Gasteiger partial charge in [-0.1, -0.05) is 25.2 Å². The highest BCUT2D eigenvalue weighted by Crippen LogP contribution is 2.17. The number of H-pyrrole nitrogens is 1. The molecule has 1 aromatic rings. The van der Waals surface area contributed by atoms with Crippen LogP contribution in [0.5, 0.6) is 0 Å². The van der Waals surface area contributed by atoms with Crippen molar-refractivity contribution in [2.75, 3.05) is 0 Å². The van der Waals surface area contributed by atoms with E-state index in [1.54, 1.807) is 13.8 Å². The van der Waals surface area contributed by atoms with Crippen LogP contribution in [0, 0.1) is 12.8 Å². The molecule has 0 aliphatic carbocycles. The molecule has 0 saturated carbocycles. The van der Waals surface area contributed by atoms with Gasteiger partial charge in [-0.2, -0.15) is 4.72 Å². The Morgan fingerprint density at radius 3 is 2.33 bits per heavy atom. The van der Waals surface area contributed by atoms with Crippen LogP contribution < -0.4 is 9.60 Å². The predicted molar refractivity (Wildman–Crippen MR) is 66.3 cm³/mol. The maximum Gasteiger partial charge on any atom is 0.322 e. The Balaban J connectivity index is 3.12. The standard InChI is InChI=1S/C9H14N2O5S2/c1-4(2)6(7(12)13)11-18(15,16)8-5(3)10-9(14)17-8/h4,6,11H,1-3H3,(H,10,14)(H,12,13)/t6-/m1/s1. The van der Waals surface area contributed by atoms with E-state index in [9.17, 15) is 18.0 Å². The largest absolute Gasteiger partial charge is 0.480 e. The highest BCUT2D eigenvalue weighted by molar-refractivity contribution is 7.91. The molecule has 0 spiro atoms. The number of carboxylic acid groups (broad SMARTS) is 1. The van der Waals surface area contributed by atoms with Gasteiger partial charge >= 0.3 is 10.8 Å². The first-order valence-corrected chi connectivity index (χ1v) is 7.40. The van der Waals surface area contributed by atoms with Crippen molar-refractivity contribution in [1.82, 2.24) is 9.71 Å². The minimum atomic E-state index is -4.00. The molecule has 18 heavy (non-hydrogen) atoms. The van der Waals surface area contributed by atoms with E-state index in [0.717, 1.165) is 0 Å². The van der Waals surface area contributed by atoms with E-state index in [2.05, 4.69) is 9.71 Å². The van der Waals surface area contributed by atoms with Gasteiger partial charge in [0.1, 0.15) is 6.04 Å². The number of carbonyl (C=O) groups is 1. The molecule has 102 valence electrons. The fourth-order valence-corrected chi connectivity index (χ4v) is 3.99. The van der Waals surface area contributed by atoms with Gasteiger partial charge in [-0.15, -0.1) is 0 Å². The molecule has 7 nitrogen and oxygen atoms in total. The topological polar surface area (TPSA) is 116 Å². The molecule has 1 aromatic heterocycles. The first kappa shape index (κ1) is 14.9. The second-order valence-electron chi connectivity index (χ2n) is 4.11. The molecule has 0 amide bonds. The number of hydrogen-bond acceptors (Lipinski definition) is 5. The lowest BCUT2D eigenvalue weighted by Gasteiger charge is -2.17. The maximum atomic E-state index is 12.0. The Kier molecular flexibility index (Phi) is 4.30. The van der Waals surface area contributed by atoms with Gasteiger partial charge in [-0.25, -0.2) is 8.42 Å². The normalized spacial score (nSPS) is 13.8. The summed E-state index contributed by atoms with van der Waals surface area (Å²) in [6, 6.07) is -1.23. The Bertz CT molecular complexity index is 599. The van der Waals surface area contributed by atoms with Crippen molar-refractivity contribution < 1.29 is 18.3 Å². The van der Waals surface area contributed by atoms with Crippen LogP contribution in [0.1, 0.15) is 19.5 Å². The zero-order chi connectivity index (χ0) is 14.1. The first-order chi connectivity index (χ1) is 8.15. The van der Waals surface area contributed by atoms with Crippen LogP contribution >= 0.6 is 11.3 Å². The minimum Gasteiger partial charge on any atom is -0.480 e. The molecule has 0 fully saturated rings. The van der Waals surface area contributed by atoms with E-state index >= 15 is 0 Å². The van der Waals surface area contributed by atoms with Crippen LogP contribution in [-0.2, 0) is 14.8 Å². The van der Waals surface area contributed by atoms with Crippen LogP contribution in [0.15, 0.2) is 9.00 Å². The summed E-state index contributed by atoms with van der Waals surface area (Å²) in [5.41, 5.74) is 0.199. The van der Waals surface area contributed by atoms with Crippen LogP contribution in [-0.4, -0.2) is 30.5 Å². The summed E-state index contributed by atoms with van der Waals surface area (Å²) < 4.78 is 25.8. The zero-order valence-electron chi connectivity index (χ0n) is 10.1. The second-order valence-corrected chi connectivity index (χ2v) is 7.00. The molecule has 0 bridgehead atoms. The summed E-state index contributed by atoms with van der Waals surface area (Å²) in [5, 5.41) is 8.94. The molecular formula is C9H14N2O5S2. The Morgan fingerprint density at radius 1 is 1.44 bits per heavy atom. The number of hydrogen-bond donors (Lipinski definition) is 3. The van der Waals surface area contributed by atoms with E-state index in [1.165, 1.54) is 6.92 Å². The monoisotopic (exact) mass is 294 g/mol. The summed E-state index contributed by atoms with van der Waals surface area (Å²) in [5.74, 6) is -1.66. The van der Waals surface area contributed by atoms with Crippen molar-refractivity contribution in [1.29, 1.82) is 0 Å². The highest BCUT2D eigenvalue weighted by Gasteiger charge is 2.30. The zero-order valence-corrected chi connectivity index (χ0v) is 11.7. The Labute approximate surface area is 108 Å². The molecule has 0 aliphatic rings. The fraction of sp³-hybridized carbons (Fsp3) is 0.556. The van der Waals surface area contributed by atoms with E-state index in [-0.39, 0.29) is 9.90 Å². The van der Waals surface area contributed by atoms with Crippen molar-refractivity contribution in [3.05, 3.63) is 15.4 Å². The highest BCUT2D eigenvalue weighted by atomic mass is 32.2. The smallest absolute Gasteiger partial charge is 0.322 e. The number of rotatable bonds is 5. The van der Waals surface area contributed by atoms with Crippen molar-refractivity contribution in [3.63, 3.8) is 0 Å². The molecule has 1 atom stereocenters. The number of sulfonamides is 1. The summed E-state index contributed by atoms with van der Waals surface area (Å²) in [7, 11) is -4.00. The molecule has 0 radical (unpaired) electrons. The minimum absolute atomic E-state index is 0.181. The summed E-state index contributed by atoms with van der Waals surface area (Å²) in [6.07, 6.45) is 0. The number of thiazole rings is 1. The van der Waals surface area contributed by atoms with Gasteiger partial charge in [0, 0.05) is 5.69 Å². The lowest BCUT2D eigenvalue weighted by molar-refractivity contribution is -0.140. The second kappa shape index (κ2) is 5.21. The number of aryl methyl sites for hydroxylation is 1. The predicted octanol–water partition coefficient (Wildman–Crippen LogP) is 0.132. The first-order valence-electron chi connectivity index (χ1n) is 5.10. The lowest BCUT2D eigenvalue weighted by Crippen LogP contribution is -2.44. The molecule has 0 saturated heterocycles. The Hall–Kier alpha value is -1.19. The van der Waals surface area contributed by atoms with Crippen LogP contribution in [0.25, 0.3) is 0 Å². The average molecular weight is 294 g/mol. The van der Waals surface area contributed by atoms with E-state index in [1.807, 2.05) is 0 Å². The molecule has 1 heterocycles. The van der Waals surface area contributed by atoms with Gasteiger partial charge in [-0.3, -0.25) is 9.59 Å². The van der Waals surface area contributed by atoms with Gasteiger partial charge in [0.15, 0.2) is 4.21 Å². The molecule has 1 rings (SSSR count). The number of aliphatic carboxylic acids is 1. The van der Waals surface area contributed by atoms with E-state index in [4.69, 9.17) is 5.11 Å². The quantitative estimate of drug-likeness (QED) is 0.714. The van der Waals surface area contributed by atoms with Gasteiger partial charge in [-0.05, 0) is 12.8 Å². The summed E-state index contributed by atoms with van der Waals surface area (Å²) in [6.45, 7) is 4.62. The molecular weight excluding hydrogens is 280 g/mol. The SMILES string of the molecule is Cc1[nH]c(=O)sc1S(=O)(=O)N[C@@H](C(=O)O)C(C)C. The third-order valence-electron chi connectivity index (χ3n) is 2.24. The van der Waals surface area contributed by atoms with Crippen molar-refractivity contribution in [2.45, 2.75) is 31.0 Å². The van der Waals surface area contributed by atoms with Crippen molar-refractivity contribution in [2.24, 2.45) is 5.92 Å². The number of nitrogens with one attached hydrogen (secondary N) is 2. The molecule has 3 N–H and O–H groups in total.